The van der Waals surface area contributed by atoms with Crippen molar-refractivity contribution in [3.8, 4) is 22.4 Å². The van der Waals surface area contributed by atoms with Crippen LogP contribution < -0.4 is 0 Å². The minimum Gasteiger partial charge on any atom is -0.340 e. The summed E-state index contributed by atoms with van der Waals surface area (Å²) in [6.07, 6.45) is 0. The molecule has 0 atom stereocenters. The molecule has 0 saturated carbocycles. The van der Waals surface area contributed by atoms with E-state index in [-0.39, 0.29) is 0 Å². The van der Waals surface area contributed by atoms with Crippen molar-refractivity contribution in [2.45, 2.75) is 13.5 Å². The molecule has 4 aromatic rings. The van der Waals surface area contributed by atoms with E-state index in [9.17, 15) is 0 Å². The summed E-state index contributed by atoms with van der Waals surface area (Å²) in [5.41, 5.74) is 6.47. The Morgan fingerprint density at radius 3 is 1.87 bits per heavy atom. The van der Waals surface area contributed by atoms with Gasteiger partial charge in [0, 0.05) is 23.0 Å². The highest BCUT2D eigenvalue weighted by molar-refractivity contribution is 6.04. The van der Waals surface area contributed by atoms with Crippen LogP contribution in [0.15, 0.2) is 84.9 Å². The first kappa shape index (κ1) is 13.8. The van der Waals surface area contributed by atoms with Crippen molar-refractivity contribution in [2.24, 2.45) is 0 Å². The topological polar surface area (TPSA) is 4.93 Å². The second-order valence-corrected chi connectivity index (χ2v) is 5.72. The van der Waals surface area contributed by atoms with Gasteiger partial charge in [0.25, 0.3) is 0 Å². The summed E-state index contributed by atoms with van der Waals surface area (Å²) >= 11 is 0. The molecule has 0 saturated heterocycles. The third kappa shape index (κ3) is 2.25. The van der Waals surface area contributed by atoms with E-state index < -0.39 is 0 Å². The van der Waals surface area contributed by atoms with Crippen molar-refractivity contribution in [1.29, 1.82) is 0 Å². The number of nitrogens with zero attached hydrogens (tertiary/aromatic N) is 1. The lowest BCUT2D eigenvalue weighted by Crippen LogP contribution is -1.97. The average molecular weight is 297 g/mol. The second kappa shape index (κ2) is 5.77. The molecule has 112 valence electrons. The normalized spacial score (nSPS) is 11.0. The Morgan fingerprint density at radius 1 is 0.652 bits per heavy atom. The molecule has 1 heteroatoms. The molecular weight excluding hydrogens is 278 g/mol. The van der Waals surface area contributed by atoms with Gasteiger partial charge in [0.2, 0.25) is 0 Å². The third-order valence-corrected chi connectivity index (χ3v) is 4.40. The molecule has 3 aromatic carbocycles. The molecule has 0 unspecified atom stereocenters. The molecule has 23 heavy (non-hydrogen) atoms. The number of rotatable bonds is 3. The van der Waals surface area contributed by atoms with Gasteiger partial charge in [-0.25, -0.2) is 0 Å². The third-order valence-electron chi connectivity index (χ3n) is 4.40. The highest BCUT2D eigenvalue weighted by Gasteiger charge is 2.18. The van der Waals surface area contributed by atoms with Gasteiger partial charge < -0.3 is 4.57 Å². The van der Waals surface area contributed by atoms with Crippen LogP contribution in [-0.4, -0.2) is 4.57 Å². The predicted octanol–water partition coefficient (Wildman–Crippen LogP) is 6.00. The monoisotopic (exact) mass is 297 g/mol. The SMILES string of the molecule is CCn1c(-c2ccccc2)c(-c2ccccc2)c2ccccc21. The first-order valence-electron chi connectivity index (χ1n) is 8.12. The first-order valence-corrected chi connectivity index (χ1v) is 8.12. The molecule has 0 radical (unpaired) electrons. The largest absolute Gasteiger partial charge is 0.340 e. The molecule has 0 amide bonds. The van der Waals surface area contributed by atoms with Gasteiger partial charge in [0.15, 0.2) is 0 Å². The minimum absolute atomic E-state index is 0.956. The smallest absolute Gasteiger partial charge is 0.0570 e. The quantitative estimate of drug-likeness (QED) is 0.437. The Bertz CT molecular complexity index is 934. The average Bonchev–Trinajstić information content (AvgIpc) is 2.97. The number of hydrogen-bond acceptors (Lipinski definition) is 0. The van der Waals surface area contributed by atoms with Crippen molar-refractivity contribution in [1.82, 2.24) is 4.57 Å². The van der Waals surface area contributed by atoms with Crippen molar-refractivity contribution in [3.05, 3.63) is 84.9 Å². The van der Waals surface area contributed by atoms with E-state index in [2.05, 4.69) is 96.4 Å². The van der Waals surface area contributed by atoms with E-state index in [1.54, 1.807) is 0 Å². The summed E-state index contributed by atoms with van der Waals surface area (Å²) in [6.45, 7) is 3.17. The standard InChI is InChI=1S/C22H19N/c1-2-23-20-16-10-9-15-19(20)21(17-11-5-3-6-12-17)22(23)18-13-7-4-8-14-18/h3-16H,2H2,1H3. The van der Waals surface area contributed by atoms with Crippen LogP contribution in [0.5, 0.6) is 0 Å². The van der Waals surface area contributed by atoms with Crippen LogP contribution in [0.3, 0.4) is 0 Å². The van der Waals surface area contributed by atoms with Gasteiger partial charge in [-0.2, -0.15) is 0 Å². The molecule has 0 fully saturated rings. The fourth-order valence-electron chi connectivity index (χ4n) is 3.43. The number of aryl methyl sites for hydroxylation is 1. The highest BCUT2D eigenvalue weighted by Crippen LogP contribution is 2.40. The van der Waals surface area contributed by atoms with Crippen LogP contribution >= 0.6 is 0 Å². The zero-order chi connectivity index (χ0) is 15.6. The molecule has 1 aromatic heterocycles. The summed E-state index contributed by atoms with van der Waals surface area (Å²) in [5.74, 6) is 0. The van der Waals surface area contributed by atoms with E-state index in [0.29, 0.717) is 0 Å². The van der Waals surface area contributed by atoms with Gasteiger partial charge in [-0.1, -0.05) is 78.9 Å². The van der Waals surface area contributed by atoms with E-state index in [4.69, 9.17) is 0 Å². The van der Waals surface area contributed by atoms with E-state index >= 15 is 0 Å². The van der Waals surface area contributed by atoms with Gasteiger partial charge >= 0.3 is 0 Å². The molecule has 0 aliphatic heterocycles. The summed E-state index contributed by atoms with van der Waals surface area (Å²) in [4.78, 5) is 0. The van der Waals surface area contributed by atoms with Crippen LogP contribution in [-0.2, 0) is 6.54 Å². The molecule has 0 aliphatic carbocycles. The number of benzene rings is 3. The predicted molar refractivity (Wildman–Crippen MR) is 98.5 cm³/mol. The number of hydrogen-bond donors (Lipinski definition) is 0. The Labute approximate surface area is 136 Å². The van der Waals surface area contributed by atoms with Crippen LogP contribution in [0, 0.1) is 0 Å². The molecular formula is C22H19N. The van der Waals surface area contributed by atoms with Crippen molar-refractivity contribution >= 4 is 10.9 Å². The number of para-hydroxylation sites is 1. The summed E-state index contributed by atoms with van der Waals surface area (Å²) in [5, 5.41) is 1.32. The van der Waals surface area contributed by atoms with Gasteiger partial charge in [-0.15, -0.1) is 0 Å². The van der Waals surface area contributed by atoms with Crippen LogP contribution in [0.2, 0.25) is 0 Å². The Morgan fingerprint density at radius 2 is 1.22 bits per heavy atom. The maximum atomic E-state index is 2.42. The van der Waals surface area contributed by atoms with Crippen molar-refractivity contribution in [2.75, 3.05) is 0 Å². The van der Waals surface area contributed by atoms with E-state index in [0.717, 1.165) is 6.54 Å². The second-order valence-electron chi connectivity index (χ2n) is 5.72. The van der Waals surface area contributed by atoms with Gasteiger partial charge in [-0.3, -0.25) is 0 Å². The molecule has 0 aliphatic rings. The van der Waals surface area contributed by atoms with Crippen LogP contribution in [0.1, 0.15) is 6.92 Å². The summed E-state index contributed by atoms with van der Waals surface area (Å²) < 4.78 is 2.42. The van der Waals surface area contributed by atoms with Gasteiger partial charge in [-0.05, 0) is 24.1 Å². The summed E-state index contributed by atoms with van der Waals surface area (Å²) in [7, 11) is 0. The van der Waals surface area contributed by atoms with Crippen LogP contribution in [0.4, 0.5) is 0 Å². The number of fused-ring (bicyclic) bond motifs is 1. The number of aromatic nitrogens is 1. The molecule has 0 N–H and O–H groups in total. The lowest BCUT2D eigenvalue weighted by atomic mass is 9.98. The lowest BCUT2D eigenvalue weighted by molar-refractivity contribution is 0.806. The summed E-state index contributed by atoms with van der Waals surface area (Å²) in [6, 6.07) is 30.1. The fraction of sp³-hybridized carbons (Fsp3) is 0.0909. The minimum atomic E-state index is 0.956. The Kier molecular flexibility index (Phi) is 3.47. The van der Waals surface area contributed by atoms with E-state index in [1.165, 1.54) is 33.3 Å². The first-order chi connectivity index (χ1) is 11.4. The lowest BCUT2D eigenvalue weighted by Gasteiger charge is -2.11. The molecule has 0 bridgehead atoms. The van der Waals surface area contributed by atoms with Gasteiger partial charge in [0.1, 0.15) is 0 Å². The van der Waals surface area contributed by atoms with Crippen LogP contribution in [0.25, 0.3) is 33.3 Å². The zero-order valence-electron chi connectivity index (χ0n) is 13.2. The maximum Gasteiger partial charge on any atom is 0.0570 e. The Hall–Kier alpha value is -2.80. The zero-order valence-corrected chi connectivity index (χ0v) is 13.2. The Balaban J connectivity index is 2.15. The molecule has 1 nitrogen and oxygen atoms in total. The fourth-order valence-corrected chi connectivity index (χ4v) is 3.43. The van der Waals surface area contributed by atoms with Gasteiger partial charge in [0.05, 0.1) is 5.69 Å². The molecule has 4 rings (SSSR count). The highest BCUT2D eigenvalue weighted by atomic mass is 15.0. The molecule has 1 heterocycles. The molecule has 0 spiro atoms. The van der Waals surface area contributed by atoms with E-state index in [1.807, 2.05) is 0 Å². The van der Waals surface area contributed by atoms with Crippen molar-refractivity contribution in [3.63, 3.8) is 0 Å². The maximum absolute atomic E-state index is 2.42. The van der Waals surface area contributed by atoms with Crippen molar-refractivity contribution < 1.29 is 0 Å².